The molecule has 7 unspecified atom stereocenters. The number of aliphatic hydroxyl groups excluding tert-OH is 5. The van der Waals surface area contributed by atoms with Gasteiger partial charge in [-0.15, -0.1) is 0 Å². The molecule has 0 aromatic rings. The van der Waals surface area contributed by atoms with Crippen molar-refractivity contribution in [1.29, 1.82) is 0 Å². The Morgan fingerprint density at radius 3 is 1.15 bits per heavy atom. The van der Waals surface area contributed by atoms with Gasteiger partial charge in [0.1, 0.15) is 24.4 Å². The number of carbonyl (C=O) groups is 1. The Morgan fingerprint density at radius 1 is 0.485 bits per heavy atom. The number of amides is 1. The van der Waals surface area contributed by atoms with Crippen molar-refractivity contribution in [2.75, 3.05) is 13.2 Å². The van der Waals surface area contributed by atoms with Crippen LogP contribution in [0.2, 0.25) is 0 Å². The van der Waals surface area contributed by atoms with E-state index in [9.17, 15) is 30.3 Å². The fraction of sp³-hybridized carbons (Fsp3) is 0.949. The van der Waals surface area contributed by atoms with Crippen molar-refractivity contribution in [3.05, 3.63) is 12.2 Å². The summed E-state index contributed by atoms with van der Waals surface area (Å²) in [6.45, 7) is 3.82. The van der Waals surface area contributed by atoms with Gasteiger partial charge in [0.15, 0.2) is 6.29 Å². The van der Waals surface area contributed by atoms with Gasteiger partial charge in [0.25, 0.3) is 0 Å². The first-order chi connectivity index (χ1) is 33.3. The van der Waals surface area contributed by atoms with Crippen molar-refractivity contribution in [3.8, 4) is 0 Å². The molecule has 0 saturated carbocycles. The minimum absolute atomic E-state index is 0.169. The van der Waals surface area contributed by atoms with Gasteiger partial charge in [-0.05, 0) is 19.3 Å². The quantitative estimate of drug-likeness (QED) is 0.0261. The van der Waals surface area contributed by atoms with Crippen molar-refractivity contribution in [2.45, 2.75) is 346 Å². The Labute approximate surface area is 420 Å². The molecule has 1 aliphatic rings. The summed E-state index contributed by atoms with van der Waals surface area (Å²) in [5, 5.41) is 54.5. The smallest absolute Gasteiger partial charge is 0.220 e. The molecular weight excluding hydrogens is 851 g/mol. The van der Waals surface area contributed by atoms with E-state index >= 15 is 0 Å². The van der Waals surface area contributed by atoms with Crippen LogP contribution in [0.15, 0.2) is 12.2 Å². The zero-order chi connectivity index (χ0) is 49.4. The first kappa shape index (κ1) is 64.9. The number of rotatable bonds is 52. The van der Waals surface area contributed by atoms with Gasteiger partial charge >= 0.3 is 0 Å². The maximum absolute atomic E-state index is 13.1. The highest BCUT2D eigenvalue weighted by Crippen LogP contribution is 2.23. The standard InChI is InChI=1S/C59H115NO8/c1-3-5-7-9-11-13-15-17-19-21-23-24-25-26-27-28-29-30-31-33-35-37-39-41-43-45-47-49-55(63)60-52(51-67-59-58(66)57(65)56(64)54(50-61)68-59)53(62)48-46-44-42-40-38-36-34-32-22-20-18-16-14-12-10-8-6-4-2/h46,48,52-54,56-59,61-62,64-66H,3-45,47,49-51H2,1-2H3,(H,60,63)/b48-46+. The maximum atomic E-state index is 13.1. The lowest BCUT2D eigenvalue weighted by Crippen LogP contribution is -2.60. The maximum Gasteiger partial charge on any atom is 0.220 e. The van der Waals surface area contributed by atoms with E-state index in [2.05, 4.69) is 19.2 Å². The Kier molecular flexibility index (Phi) is 47.3. The van der Waals surface area contributed by atoms with Crippen molar-refractivity contribution >= 4 is 5.91 Å². The summed E-state index contributed by atoms with van der Waals surface area (Å²) in [4.78, 5) is 13.1. The van der Waals surface area contributed by atoms with Crippen molar-refractivity contribution in [3.63, 3.8) is 0 Å². The highest BCUT2D eigenvalue weighted by Gasteiger charge is 2.44. The third-order valence-corrected chi connectivity index (χ3v) is 14.6. The number of hydrogen-bond donors (Lipinski definition) is 6. The van der Waals surface area contributed by atoms with Gasteiger partial charge in [-0.2, -0.15) is 0 Å². The molecule has 0 bridgehead atoms. The summed E-state index contributed by atoms with van der Waals surface area (Å²) in [6.07, 6.45) is 54.3. The molecule has 0 aromatic heterocycles. The summed E-state index contributed by atoms with van der Waals surface area (Å²) in [6, 6.07) is -0.800. The Hall–Kier alpha value is -1.07. The van der Waals surface area contributed by atoms with E-state index in [0.29, 0.717) is 6.42 Å². The normalized spacial score (nSPS) is 19.5. The number of carbonyl (C=O) groups excluding carboxylic acids is 1. The monoisotopic (exact) mass is 966 g/mol. The average molecular weight is 967 g/mol. The van der Waals surface area contributed by atoms with Gasteiger partial charge < -0.3 is 40.3 Å². The zero-order valence-corrected chi connectivity index (χ0v) is 44.9. The van der Waals surface area contributed by atoms with Crippen molar-refractivity contribution in [1.82, 2.24) is 5.32 Å². The Morgan fingerprint density at radius 2 is 0.809 bits per heavy atom. The average Bonchev–Trinajstić information content (AvgIpc) is 3.34. The third kappa shape index (κ3) is 38.6. The highest BCUT2D eigenvalue weighted by atomic mass is 16.7. The van der Waals surface area contributed by atoms with Crippen LogP contribution >= 0.6 is 0 Å². The largest absolute Gasteiger partial charge is 0.394 e. The molecule has 0 radical (unpaired) electrons. The molecule has 404 valence electrons. The van der Waals surface area contributed by atoms with Crippen LogP contribution in [-0.2, 0) is 14.3 Å². The highest BCUT2D eigenvalue weighted by molar-refractivity contribution is 5.76. The topological polar surface area (TPSA) is 149 Å². The molecule has 0 aromatic carbocycles. The molecule has 9 heteroatoms. The van der Waals surface area contributed by atoms with Crippen molar-refractivity contribution in [2.24, 2.45) is 0 Å². The molecule has 0 spiro atoms. The van der Waals surface area contributed by atoms with Crippen LogP contribution in [0, 0.1) is 0 Å². The van der Waals surface area contributed by atoms with Crippen LogP contribution in [0.4, 0.5) is 0 Å². The van der Waals surface area contributed by atoms with E-state index in [1.807, 2.05) is 6.08 Å². The number of allylic oxidation sites excluding steroid dienone is 1. The van der Waals surface area contributed by atoms with E-state index in [-0.39, 0.29) is 12.5 Å². The number of hydrogen-bond acceptors (Lipinski definition) is 8. The molecule has 1 fully saturated rings. The molecule has 6 N–H and O–H groups in total. The predicted octanol–water partition coefficient (Wildman–Crippen LogP) is 14.8. The lowest BCUT2D eigenvalue weighted by Gasteiger charge is -2.40. The number of aliphatic hydroxyl groups is 5. The van der Waals surface area contributed by atoms with Gasteiger partial charge in [0.05, 0.1) is 25.4 Å². The molecule has 0 aliphatic carbocycles. The molecule has 1 rings (SSSR count). The summed E-state index contributed by atoms with van der Waals surface area (Å²) < 4.78 is 11.3. The molecule has 9 nitrogen and oxygen atoms in total. The van der Waals surface area contributed by atoms with Crippen LogP contribution < -0.4 is 5.32 Å². The first-order valence-electron chi connectivity index (χ1n) is 29.9. The minimum Gasteiger partial charge on any atom is -0.394 e. The second-order valence-electron chi connectivity index (χ2n) is 21.2. The molecule has 1 saturated heterocycles. The summed E-state index contributed by atoms with van der Waals surface area (Å²) >= 11 is 0. The summed E-state index contributed by atoms with van der Waals surface area (Å²) in [5.41, 5.74) is 0. The molecule has 1 aliphatic heterocycles. The Balaban J connectivity index is 2.17. The fourth-order valence-electron chi connectivity index (χ4n) is 9.87. The van der Waals surface area contributed by atoms with Gasteiger partial charge in [-0.3, -0.25) is 4.79 Å². The number of unbranched alkanes of at least 4 members (excludes halogenated alkanes) is 42. The number of ether oxygens (including phenoxy) is 2. The first-order valence-corrected chi connectivity index (χ1v) is 29.9. The predicted molar refractivity (Wildman–Crippen MR) is 286 cm³/mol. The van der Waals surface area contributed by atoms with E-state index in [4.69, 9.17) is 9.47 Å². The second-order valence-corrected chi connectivity index (χ2v) is 21.2. The SMILES string of the molecule is CCCCCCCCCCCCCCCCCC/C=C/C(O)C(COC1OC(CO)C(O)C(O)C1O)NC(=O)CCCCCCCCCCCCCCCCCCCCCCCCCCCCC. The molecule has 7 atom stereocenters. The minimum atomic E-state index is -1.56. The van der Waals surface area contributed by atoms with E-state index in [1.165, 1.54) is 244 Å². The molecule has 1 heterocycles. The Bertz CT molecular complexity index is 1080. The van der Waals surface area contributed by atoms with Gasteiger partial charge in [0.2, 0.25) is 5.91 Å². The van der Waals surface area contributed by atoms with Gasteiger partial charge in [-0.1, -0.05) is 289 Å². The lowest BCUT2D eigenvalue weighted by molar-refractivity contribution is -0.302. The van der Waals surface area contributed by atoms with Crippen LogP contribution in [0.5, 0.6) is 0 Å². The third-order valence-electron chi connectivity index (χ3n) is 14.6. The molecule has 1 amide bonds. The molecular formula is C59H115NO8. The lowest BCUT2D eigenvalue weighted by atomic mass is 9.99. The summed E-state index contributed by atoms with van der Waals surface area (Å²) in [7, 11) is 0. The van der Waals surface area contributed by atoms with Gasteiger partial charge in [0, 0.05) is 6.42 Å². The van der Waals surface area contributed by atoms with Crippen LogP contribution in [0.3, 0.4) is 0 Å². The summed E-state index contributed by atoms with van der Waals surface area (Å²) in [5.74, 6) is -0.169. The van der Waals surface area contributed by atoms with E-state index in [0.717, 1.165) is 38.5 Å². The van der Waals surface area contributed by atoms with Crippen LogP contribution in [0.25, 0.3) is 0 Å². The van der Waals surface area contributed by atoms with Crippen LogP contribution in [-0.4, -0.2) is 87.5 Å². The van der Waals surface area contributed by atoms with E-state index < -0.39 is 49.5 Å². The van der Waals surface area contributed by atoms with Crippen LogP contribution in [0.1, 0.15) is 303 Å². The fourth-order valence-corrected chi connectivity index (χ4v) is 9.87. The molecule has 68 heavy (non-hydrogen) atoms. The van der Waals surface area contributed by atoms with Crippen molar-refractivity contribution < 1.29 is 39.8 Å². The zero-order valence-electron chi connectivity index (χ0n) is 44.9. The van der Waals surface area contributed by atoms with E-state index in [1.54, 1.807) is 6.08 Å². The number of nitrogens with one attached hydrogen (secondary N) is 1. The second kappa shape index (κ2) is 49.5. The van der Waals surface area contributed by atoms with Gasteiger partial charge in [-0.25, -0.2) is 0 Å².